The summed E-state index contributed by atoms with van der Waals surface area (Å²) >= 11 is 4.04. The lowest BCUT2D eigenvalue weighted by atomic mass is 10.2. The van der Waals surface area contributed by atoms with E-state index in [1.807, 2.05) is 28.7 Å². The lowest BCUT2D eigenvalue weighted by molar-refractivity contribution is 0.618. The molecule has 0 aliphatic carbocycles. The summed E-state index contributed by atoms with van der Waals surface area (Å²) < 4.78 is 14.5. The van der Waals surface area contributed by atoms with Gasteiger partial charge in [-0.05, 0) is 62.9 Å². The van der Waals surface area contributed by atoms with Crippen LogP contribution in [0.3, 0.4) is 0 Å². The Bertz CT molecular complexity index is 344. The van der Waals surface area contributed by atoms with Crippen LogP contribution in [0.5, 0.6) is 0 Å². The highest BCUT2D eigenvalue weighted by Gasteiger charge is 2.05. The zero-order valence-corrected chi connectivity index (χ0v) is 10.3. The second kappa shape index (κ2) is 4.37. The first kappa shape index (κ1) is 10.2. The van der Waals surface area contributed by atoms with Gasteiger partial charge in [0.25, 0.3) is 0 Å². The average molecular weight is 387 g/mol. The molecule has 12 heavy (non-hydrogen) atoms. The Hall–Kier alpha value is 0.1000. The van der Waals surface area contributed by atoms with Crippen molar-refractivity contribution in [3.8, 4) is 6.07 Å². The maximum atomic E-state index is 13.0. The van der Waals surface area contributed by atoms with Crippen LogP contribution in [0.1, 0.15) is 5.56 Å². The van der Waals surface area contributed by atoms with E-state index in [0.717, 1.165) is 9.13 Å². The van der Waals surface area contributed by atoms with Crippen LogP contribution in [0.4, 0.5) is 4.39 Å². The molecule has 0 saturated heterocycles. The van der Waals surface area contributed by atoms with Crippen molar-refractivity contribution >= 4 is 45.2 Å². The summed E-state index contributed by atoms with van der Waals surface area (Å²) in [7, 11) is 0. The fourth-order valence-corrected chi connectivity index (χ4v) is 2.51. The van der Waals surface area contributed by atoms with E-state index in [9.17, 15) is 4.39 Å². The van der Waals surface area contributed by atoms with E-state index in [1.54, 1.807) is 6.07 Å². The number of nitriles is 1. The molecule has 0 unspecified atom stereocenters. The van der Waals surface area contributed by atoms with Crippen LogP contribution in [0.2, 0.25) is 0 Å². The molecule has 62 valence electrons. The van der Waals surface area contributed by atoms with Crippen LogP contribution in [0, 0.1) is 24.3 Å². The lowest BCUT2D eigenvalue weighted by Crippen LogP contribution is -1.91. The Morgan fingerprint density at radius 2 is 2.00 bits per heavy atom. The van der Waals surface area contributed by atoms with Gasteiger partial charge in [-0.25, -0.2) is 4.39 Å². The van der Waals surface area contributed by atoms with Gasteiger partial charge in [-0.1, -0.05) is 0 Å². The normalized spacial score (nSPS) is 9.50. The molecule has 1 rings (SSSR count). The van der Waals surface area contributed by atoms with Crippen LogP contribution >= 0.6 is 45.2 Å². The molecular formula is C8H4FI2N. The van der Waals surface area contributed by atoms with Gasteiger partial charge in [0.2, 0.25) is 0 Å². The van der Waals surface area contributed by atoms with Gasteiger partial charge in [-0.15, -0.1) is 0 Å². The largest absolute Gasteiger partial charge is 0.206 e. The molecule has 0 atom stereocenters. The van der Waals surface area contributed by atoms with Crippen molar-refractivity contribution in [1.29, 1.82) is 5.26 Å². The molecule has 0 aliphatic heterocycles. The van der Waals surface area contributed by atoms with E-state index < -0.39 is 0 Å². The van der Waals surface area contributed by atoms with E-state index in [1.165, 1.54) is 6.07 Å². The number of hydrogen-bond donors (Lipinski definition) is 0. The maximum Gasteiger partial charge on any atom is 0.136 e. The molecule has 0 fully saturated rings. The molecule has 0 heterocycles. The number of halogens is 3. The quantitative estimate of drug-likeness (QED) is 0.537. The molecule has 1 aromatic carbocycles. The van der Waals surface area contributed by atoms with E-state index >= 15 is 0 Å². The highest BCUT2D eigenvalue weighted by molar-refractivity contribution is 14.1. The maximum absolute atomic E-state index is 13.0. The Labute approximate surface area is 97.2 Å². The molecule has 0 saturated carbocycles. The summed E-state index contributed by atoms with van der Waals surface area (Å²) in [6.45, 7) is 0. The predicted molar refractivity (Wildman–Crippen MR) is 61.2 cm³/mol. The second-order valence-electron chi connectivity index (χ2n) is 2.19. The van der Waals surface area contributed by atoms with Crippen molar-refractivity contribution in [1.82, 2.24) is 0 Å². The molecule has 1 aromatic rings. The Kier molecular flexibility index (Phi) is 3.71. The van der Waals surface area contributed by atoms with Crippen LogP contribution in [-0.2, 0) is 6.42 Å². The molecule has 0 amide bonds. The Balaban J connectivity index is 3.16. The molecule has 0 radical (unpaired) electrons. The van der Waals surface area contributed by atoms with E-state index in [4.69, 9.17) is 5.26 Å². The molecule has 0 aliphatic rings. The van der Waals surface area contributed by atoms with Crippen molar-refractivity contribution in [2.24, 2.45) is 0 Å². The zero-order valence-electron chi connectivity index (χ0n) is 5.94. The fourth-order valence-electron chi connectivity index (χ4n) is 0.784. The fraction of sp³-hybridized carbons (Fsp3) is 0.125. The molecule has 0 aromatic heterocycles. The Morgan fingerprint density at radius 1 is 1.33 bits per heavy atom. The average Bonchev–Trinajstić information content (AvgIpc) is 2.01. The van der Waals surface area contributed by atoms with Crippen molar-refractivity contribution in [3.63, 3.8) is 0 Å². The van der Waals surface area contributed by atoms with Crippen LogP contribution in [0.15, 0.2) is 12.1 Å². The van der Waals surface area contributed by atoms with Crippen molar-refractivity contribution < 1.29 is 4.39 Å². The first-order chi connectivity index (χ1) is 5.65. The third kappa shape index (κ3) is 2.29. The van der Waals surface area contributed by atoms with Crippen LogP contribution in [0.25, 0.3) is 0 Å². The van der Waals surface area contributed by atoms with Gasteiger partial charge < -0.3 is 0 Å². The minimum absolute atomic E-state index is 0.249. The van der Waals surface area contributed by atoms with Gasteiger partial charge in [0.1, 0.15) is 5.82 Å². The summed E-state index contributed by atoms with van der Waals surface area (Å²) in [6, 6.07) is 5.16. The smallest absolute Gasteiger partial charge is 0.136 e. The zero-order chi connectivity index (χ0) is 9.14. The predicted octanol–water partition coefficient (Wildman–Crippen LogP) is 3.10. The summed E-state index contributed by atoms with van der Waals surface area (Å²) in [6.07, 6.45) is 0.270. The Morgan fingerprint density at radius 3 is 2.58 bits per heavy atom. The van der Waals surface area contributed by atoms with Gasteiger partial charge in [0.15, 0.2) is 0 Å². The molecule has 4 heteroatoms. The molecule has 0 spiro atoms. The molecule has 1 nitrogen and oxygen atoms in total. The summed E-state index contributed by atoms with van der Waals surface area (Å²) in [4.78, 5) is 0. The van der Waals surface area contributed by atoms with Crippen molar-refractivity contribution in [3.05, 3.63) is 30.7 Å². The van der Waals surface area contributed by atoms with Gasteiger partial charge in [-0.3, -0.25) is 0 Å². The second-order valence-corrected chi connectivity index (χ2v) is 4.52. The van der Waals surface area contributed by atoms with E-state index in [0.29, 0.717) is 3.57 Å². The topological polar surface area (TPSA) is 23.8 Å². The molecule has 0 N–H and O–H groups in total. The van der Waals surface area contributed by atoms with E-state index in [-0.39, 0.29) is 12.2 Å². The van der Waals surface area contributed by atoms with Gasteiger partial charge >= 0.3 is 0 Å². The monoisotopic (exact) mass is 387 g/mol. The highest BCUT2D eigenvalue weighted by Crippen LogP contribution is 2.19. The van der Waals surface area contributed by atoms with Gasteiger partial charge in [0.05, 0.1) is 12.5 Å². The third-order valence-corrected chi connectivity index (χ3v) is 3.19. The first-order valence-corrected chi connectivity index (χ1v) is 5.31. The minimum atomic E-state index is -0.249. The number of rotatable bonds is 1. The summed E-state index contributed by atoms with van der Waals surface area (Å²) in [5.74, 6) is -0.249. The van der Waals surface area contributed by atoms with Crippen LogP contribution < -0.4 is 0 Å². The van der Waals surface area contributed by atoms with Crippen molar-refractivity contribution in [2.45, 2.75) is 6.42 Å². The third-order valence-electron chi connectivity index (χ3n) is 1.36. The van der Waals surface area contributed by atoms with Gasteiger partial charge in [0, 0.05) is 7.14 Å². The number of benzene rings is 1. The molecular weight excluding hydrogens is 383 g/mol. The number of nitrogens with zero attached hydrogens (tertiary/aromatic N) is 1. The minimum Gasteiger partial charge on any atom is -0.206 e. The first-order valence-electron chi connectivity index (χ1n) is 3.15. The van der Waals surface area contributed by atoms with Crippen molar-refractivity contribution in [2.75, 3.05) is 0 Å². The lowest BCUT2D eigenvalue weighted by Gasteiger charge is -2.01. The summed E-state index contributed by atoms with van der Waals surface area (Å²) in [5, 5.41) is 8.43. The SMILES string of the molecule is N#CCc1cc(F)c(I)cc1I. The molecule has 0 bridgehead atoms. The van der Waals surface area contributed by atoms with E-state index in [2.05, 4.69) is 22.6 Å². The standard InChI is InChI=1S/C8H4FI2N/c9-6-3-5(1-2-12)7(10)4-8(6)11/h3-4H,1H2. The van der Waals surface area contributed by atoms with Gasteiger partial charge in [-0.2, -0.15) is 5.26 Å². The summed E-state index contributed by atoms with van der Waals surface area (Å²) in [5.41, 5.74) is 0.760. The van der Waals surface area contributed by atoms with Crippen LogP contribution in [-0.4, -0.2) is 0 Å². The number of hydrogen-bond acceptors (Lipinski definition) is 1. The highest BCUT2D eigenvalue weighted by atomic mass is 127.